The summed E-state index contributed by atoms with van der Waals surface area (Å²) in [5, 5.41) is 0. The first kappa shape index (κ1) is 9.89. The van der Waals surface area contributed by atoms with Gasteiger partial charge in [0.05, 0.1) is 11.0 Å². The first-order valence-corrected chi connectivity index (χ1v) is 5.12. The van der Waals surface area contributed by atoms with Crippen molar-refractivity contribution in [3.8, 4) is 5.88 Å². The third kappa shape index (κ3) is 1.47. The number of nitrogens with zero attached hydrogens (tertiary/aromatic N) is 1. The quantitative estimate of drug-likeness (QED) is 0.700. The molecule has 0 amide bonds. The highest BCUT2D eigenvalue weighted by Crippen LogP contribution is 2.18. The molecule has 5 heteroatoms. The summed E-state index contributed by atoms with van der Waals surface area (Å²) in [6.07, 6.45) is 0. The highest BCUT2D eigenvalue weighted by Gasteiger charge is 2.11. The summed E-state index contributed by atoms with van der Waals surface area (Å²) in [7, 11) is 0. The number of aryl methyl sites for hydroxylation is 1. The Hall–Kier alpha value is -2.30. The van der Waals surface area contributed by atoms with Crippen molar-refractivity contribution in [1.29, 1.82) is 0 Å². The van der Waals surface area contributed by atoms with E-state index in [9.17, 15) is 9.18 Å². The zero-order valence-electron chi connectivity index (χ0n) is 9.03. The second-order valence-electron chi connectivity index (χ2n) is 3.81. The van der Waals surface area contributed by atoms with E-state index < -0.39 is 5.82 Å². The maximum Gasteiger partial charge on any atom is 0.333 e. The third-order valence-corrected chi connectivity index (χ3v) is 2.59. The van der Waals surface area contributed by atoms with Crippen molar-refractivity contribution in [3.05, 3.63) is 52.4 Å². The lowest BCUT2D eigenvalue weighted by molar-refractivity contribution is 0.510. The van der Waals surface area contributed by atoms with Gasteiger partial charge in [-0.3, -0.25) is 0 Å². The van der Waals surface area contributed by atoms with E-state index in [1.165, 1.54) is 22.8 Å². The lowest BCUT2D eigenvalue weighted by atomic mass is 10.3. The molecule has 0 aliphatic carbocycles. The number of H-pyrrole nitrogens is 1. The van der Waals surface area contributed by atoms with E-state index in [0.717, 1.165) is 0 Å². The summed E-state index contributed by atoms with van der Waals surface area (Å²) in [6.45, 7) is 1.78. The summed E-state index contributed by atoms with van der Waals surface area (Å²) in [6, 6.07) is 7.55. The largest absolute Gasteiger partial charge is 0.445 e. The molecule has 0 spiro atoms. The predicted octanol–water partition coefficient (Wildman–Crippen LogP) is 2.36. The molecule has 0 saturated heterocycles. The molecule has 0 atom stereocenters. The fourth-order valence-corrected chi connectivity index (χ4v) is 1.84. The van der Waals surface area contributed by atoms with Gasteiger partial charge in [0.15, 0.2) is 0 Å². The minimum atomic E-state index is -0.395. The molecule has 4 nitrogen and oxygen atoms in total. The molecular weight excluding hydrogens is 223 g/mol. The molecule has 0 aliphatic heterocycles. The number of hydrogen-bond donors (Lipinski definition) is 1. The van der Waals surface area contributed by atoms with E-state index in [1.54, 1.807) is 19.1 Å². The number of aromatic amines is 1. The zero-order valence-corrected chi connectivity index (χ0v) is 9.03. The molecule has 0 unspecified atom stereocenters. The standard InChI is InChI=1S/C12H9FN2O2/c1-7-2-5-11(17-7)15-10-6-8(13)3-4-9(10)14-12(15)16/h2-6H,1H3,(H,14,16). The van der Waals surface area contributed by atoms with Crippen LogP contribution < -0.4 is 5.69 Å². The molecule has 86 valence electrons. The summed E-state index contributed by atoms with van der Waals surface area (Å²) in [5.41, 5.74) is 0.690. The van der Waals surface area contributed by atoms with Crippen LogP contribution in [-0.2, 0) is 0 Å². The maximum atomic E-state index is 13.2. The summed E-state index contributed by atoms with van der Waals surface area (Å²) < 4.78 is 19.9. The smallest absolute Gasteiger partial charge is 0.333 e. The van der Waals surface area contributed by atoms with Crippen molar-refractivity contribution >= 4 is 11.0 Å². The Bertz CT molecular complexity index is 751. The van der Waals surface area contributed by atoms with E-state index in [2.05, 4.69) is 4.98 Å². The molecule has 0 bridgehead atoms. The van der Waals surface area contributed by atoms with Gasteiger partial charge in [0, 0.05) is 12.1 Å². The molecule has 0 aliphatic rings. The predicted molar refractivity (Wildman–Crippen MR) is 60.9 cm³/mol. The number of benzene rings is 1. The molecule has 0 saturated carbocycles. The Morgan fingerprint density at radius 3 is 2.82 bits per heavy atom. The van der Waals surface area contributed by atoms with Crippen molar-refractivity contribution in [2.24, 2.45) is 0 Å². The van der Waals surface area contributed by atoms with Gasteiger partial charge in [-0.15, -0.1) is 0 Å². The van der Waals surface area contributed by atoms with E-state index in [0.29, 0.717) is 22.7 Å². The fourth-order valence-electron chi connectivity index (χ4n) is 1.84. The molecule has 3 aromatic rings. The number of nitrogens with one attached hydrogen (secondary N) is 1. The van der Waals surface area contributed by atoms with E-state index in [4.69, 9.17) is 4.42 Å². The number of halogens is 1. The minimum Gasteiger partial charge on any atom is -0.445 e. The van der Waals surface area contributed by atoms with Crippen molar-refractivity contribution in [2.75, 3.05) is 0 Å². The first-order chi connectivity index (χ1) is 8.15. The Kier molecular flexibility index (Phi) is 1.95. The van der Waals surface area contributed by atoms with Crippen LogP contribution in [0.3, 0.4) is 0 Å². The number of rotatable bonds is 1. The number of hydrogen-bond acceptors (Lipinski definition) is 2. The third-order valence-electron chi connectivity index (χ3n) is 2.59. The molecule has 3 rings (SSSR count). The lowest BCUT2D eigenvalue weighted by Gasteiger charge is -1.98. The van der Waals surface area contributed by atoms with Crippen LogP contribution >= 0.6 is 0 Å². The molecule has 0 radical (unpaired) electrons. The number of fused-ring (bicyclic) bond motifs is 1. The van der Waals surface area contributed by atoms with Crippen LogP contribution in [0.4, 0.5) is 4.39 Å². The van der Waals surface area contributed by atoms with Crippen LogP contribution in [-0.4, -0.2) is 9.55 Å². The summed E-state index contributed by atoms with van der Waals surface area (Å²) in [5.74, 6) is 0.676. The summed E-state index contributed by atoms with van der Waals surface area (Å²) >= 11 is 0. The molecule has 2 heterocycles. The van der Waals surface area contributed by atoms with Crippen molar-refractivity contribution in [1.82, 2.24) is 9.55 Å². The van der Waals surface area contributed by atoms with Crippen molar-refractivity contribution in [2.45, 2.75) is 6.92 Å². The fraction of sp³-hybridized carbons (Fsp3) is 0.0833. The SMILES string of the molecule is Cc1ccc(-n2c(=O)[nH]c3ccc(F)cc32)o1. The number of furan rings is 1. The van der Waals surface area contributed by atoms with Gasteiger partial charge in [-0.1, -0.05) is 0 Å². The van der Waals surface area contributed by atoms with Gasteiger partial charge in [-0.25, -0.2) is 13.8 Å². The molecule has 1 N–H and O–H groups in total. The van der Waals surface area contributed by atoms with Crippen LogP contribution in [0, 0.1) is 12.7 Å². The van der Waals surface area contributed by atoms with Gasteiger partial charge in [-0.05, 0) is 25.1 Å². The van der Waals surface area contributed by atoms with Crippen LogP contribution in [0.25, 0.3) is 16.9 Å². The van der Waals surface area contributed by atoms with Crippen molar-refractivity contribution < 1.29 is 8.81 Å². The monoisotopic (exact) mass is 232 g/mol. The second kappa shape index (κ2) is 3.35. The molecule has 1 aromatic carbocycles. The van der Waals surface area contributed by atoms with Gasteiger partial charge < -0.3 is 9.40 Å². The Morgan fingerprint density at radius 2 is 2.12 bits per heavy atom. The van der Waals surface area contributed by atoms with Crippen LogP contribution in [0.5, 0.6) is 0 Å². The van der Waals surface area contributed by atoms with Gasteiger partial charge in [0.1, 0.15) is 11.6 Å². The minimum absolute atomic E-state index is 0.347. The number of imidazole rings is 1. The van der Waals surface area contributed by atoms with Gasteiger partial charge in [-0.2, -0.15) is 0 Å². The topological polar surface area (TPSA) is 50.9 Å². The molecule has 0 fully saturated rings. The average molecular weight is 232 g/mol. The van der Waals surface area contributed by atoms with E-state index >= 15 is 0 Å². The van der Waals surface area contributed by atoms with Crippen molar-refractivity contribution in [3.63, 3.8) is 0 Å². The normalized spacial score (nSPS) is 11.2. The Morgan fingerprint density at radius 1 is 1.29 bits per heavy atom. The van der Waals surface area contributed by atoms with Gasteiger partial charge >= 0.3 is 5.69 Å². The second-order valence-corrected chi connectivity index (χ2v) is 3.81. The maximum absolute atomic E-state index is 13.2. The zero-order chi connectivity index (χ0) is 12.0. The highest BCUT2D eigenvalue weighted by molar-refractivity contribution is 5.76. The van der Waals surface area contributed by atoms with Gasteiger partial charge in [0.2, 0.25) is 5.88 Å². The Balaban J connectivity index is 2.39. The van der Waals surface area contributed by atoms with E-state index in [1.807, 2.05) is 0 Å². The highest BCUT2D eigenvalue weighted by atomic mass is 19.1. The van der Waals surface area contributed by atoms with Gasteiger partial charge in [0.25, 0.3) is 0 Å². The first-order valence-electron chi connectivity index (χ1n) is 5.12. The Labute approximate surface area is 95.3 Å². The molecular formula is C12H9FN2O2. The summed E-state index contributed by atoms with van der Waals surface area (Å²) in [4.78, 5) is 14.4. The van der Waals surface area contributed by atoms with Crippen LogP contribution in [0.2, 0.25) is 0 Å². The lowest BCUT2D eigenvalue weighted by Crippen LogP contribution is -2.13. The number of aromatic nitrogens is 2. The molecule has 17 heavy (non-hydrogen) atoms. The van der Waals surface area contributed by atoms with Crippen LogP contribution in [0.15, 0.2) is 39.5 Å². The average Bonchev–Trinajstić information content (AvgIpc) is 2.81. The van der Waals surface area contributed by atoms with E-state index in [-0.39, 0.29) is 5.69 Å². The van der Waals surface area contributed by atoms with Crippen LogP contribution in [0.1, 0.15) is 5.76 Å². The molecule has 2 aromatic heterocycles.